The number of phosphoric ester groups is 1. The lowest BCUT2D eigenvalue weighted by atomic mass is 9.99. The van der Waals surface area contributed by atoms with Gasteiger partial charge in [-0.25, -0.2) is 4.57 Å². The molecule has 9 nitrogen and oxygen atoms in total. The number of hydrogen-bond donors (Lipinski definition) is 2. The van der Waals surface area contributed by atoms with E-state index < -0.39 is 7.82 Å². The minimum Gasteiger partial charge on any atom is -0.493 e. The maximum atomic E-state index is 11.4. The first-order valence-electron chi connectivity index (χ1n) is 8.67. The summed E-state index contributed by atoms with van der Waals surface area (Å²) in [6.45, 7) is 2.09. The molecule has 0 saturated heterocycles. The molecule has 0 unspecified atom stereocenters. The minimum atomic E-state index is -4.82. The summed E-state index contributed by atoms with van der Waals surface area (Å²) in [7, 11) is -2.03. The SMILES string of the molecule is COc1cc(-c2csnc2-c2cc(C)c3c(c2)OCO3)cc(OP(=O)(O)O)c1OC. The van der Waals surface area contributed by atoms with E-state index in [0.717, 1.165) is 16.7 Å². The summed E-state index contributed by atoms with van der Waals surface area (Å²) in [4.78, 5) is 18.6. The average Bonchev–Trinajstić information content (AvgIpc) is 3.35. The summed E-state index contributed by atoms with van der Waals surface area (Å²) in [5, 5.41) is 1.83. The van der Waals surface area contributed by atoms with Crippen molar-refractivity contribution >= 4 is 19.4 Å². The van der Waals surface area contributed by atoms with Crippen molar-refractivity contribution in [2.24, 2.45) is 0 Å². The van der Waals surface area contributed by atoms with Crippen molar-refractivity contribution < 1.29 is 37.8 Å². The van der Waals surface area contributed by atoms with Gasteiger partial charge in [-0.15, -0.1) is 0 Å². The number of aromatic nitrogens is 1. The average molecular weight is 451 g/mol. The van der Waals surface area contributed by atoms with Crippen molar-refractivity contribution in [3.05, 3.63) is 35.2 Å². The molecule has 3 aromatic rings. The molecule has 0 fully saturated rings. The number of ether oxygens (including phenoxy) is 4. The van der Waals surface area contributed by atoms with E-state index in [0.29, 0.717) is 22.8 Å². The predicted molar refractivity (Wildman–Crippen MR) is 110 cm³/mol. The van der Waals surface area contributed by atoms with Crippen molar-refractivity contribution in [1.82, 2.24) is 4.37 Å². The molecule has 30 heavy (non-hydrogen) atoms. The van der Waals surface area contributed by atoms with E-state index in [1.165, 1.54) is 31.8 Å². The first-order chi connectivity index (χ1) is 14.3. The second-order valence-electron chi connectivity index (χ2n) is 6.40. The molecule has 0 bridgehead atoms. The van der Waals surface area contributed by atoms with Crippen molar-refractivity contribution in [1.29, 1.82) is 0 Å². The highest BCUT2D eigenvalue weighted by Gasteiger charge is 2.25. The van der Waals surface area contributed by atoms with E-state index in [9.17, 15) is 14.4 Å². The summed E-state index contributed by atoms with van der Waals surface area (Å²) in [6, 6.07) is 6.97. The van der Waals surface area contributed by atoms with Gasteiger partial charge in [0.05, 0.1) is 19.9 Å². The quantitative estimate of drug-likeness (QED) is 0.536. The van der Waals surface area contributed by atoms with Crippen LogP contribution in [0.15, 0.2) is 29.6 Å². The van der Waals surface area contributed by atoms with Gasteiger partial charge in [0, 0.05) is 16.5 Å². The van der Waals surface area contributed by atoms with Crippen molar-refractivity contribution in [2.45, 2.75) is 6.92 Å². The summed E-state index contributed by atoms with van der Waals surface area (Å²) >= 11 is 1.25. The maximum Gasteiger partial charge on any atom is 0.524 e. The number of methoxy groups -OCH3 is 2. The Balaban J connectivity index is 1.85. The number of aryl methyl sites for hydroxylation is 1. The molecule has 2 heterocycles. The normalized spacial score (nSPS) is 12.7. The van der Waals surface area contributed by atoms with E-state index >= 15 is 0 Å². The summed E-state index contributed by atoms with van der Waals surface area (Å²) in [5.74, 6) is 1.55. The van der Waals surface area contributed by atoms with E-state index in [2.05, 4.69) is 4.37 Å². The Morgan fingerprint density at radius 1 is 1.07 bits per heavy atom. The van der Waals surface area contributed by atoms with Crippen molar-refractivity contribution in [2.75, 3.05) is 21.0 Å². The minimum absolute atomic E-state index is 0.0771. The highest BCUT2D eigenvalue weighted by molar-refractivity contribution is 7.46. The molecule has 0 atom stereocenters. The molecule has 0 aliphatic carbocycles. The molecule has 2 N–H and O–H groups in total. The second-order valence-corrected chi connectivity index (χ2v) is 8.19. The Labute approximate surface area is 176 Å². The second kappa shape index (κ2) is 7.81. The summed E-state index contributed by atoms with van der Waals surface area (Å²) < 4.78 is 42.4. The fraction of sp³-hybridized carbons (Fsp3) is 0.211. The number of phosphoric acid groups is 1. The highest BCUT2D eigenvalue weighted by atomic mass is 32.1. The van der Waals surface area contributed by atoms with Crippen molar-refractivity contribution in [3.8, 4) is 51.1 Å². The third-order valence-corrected chi connectivity index (χ3v) is 5.54. The lowest BCUT2D eigenvalue weighted by Crippen LogP contribution is -1.98. The van der Waals surface area contributed by atoms with Crippen LogP contribution in [0.5, 0.6) is 28.7 Å². The van der Waals surface area contributed by atoms with E-state index in [1.807, 2.05) is 24.4 Å². The Morgan fingerprint density at radius 2 is 1.83 bits per heavy atom. The molecule has 0 saturated carbocycles. The van der Waals surface area contributed by atoms with Gasteiger partial charge in [-0.3, -0.25) is 9.79 Å². The molecule has 0 radical (unpaired) electrons. The Morgan fingerprint density at radius 3 is 2.53 bits per heavy atom. The number of fused-ring (bicyclic) bond motifs is 1. The van der Waals surface area contributed by atoms with Crippen LogP contribution in [-0.2, 0) is 4.57 Å². The van der Waals surface area contributed by atoms with Crippen LogP contribution in [0.1, 0.15) is 5.56 Å². The molecule has 2 aromatic carbocycles. The van der Waals surface area contributed by atoms with E-state index in [4.69, 9.17) is 23.5 Å². The number of hydrogen-bond acceptors (Lipinski definition) is 8. The van der Waals surface area contributed by atoms with Crippen LogP contribution in [-0.4, -0.2) is 35.2 Å². The molecule has 1 aliphatic heterocycles. The zero-order valence-electron chi connectivity index (χ0n) is 16.2. The zero-order chi connectivity index (χ0) is 21.5. The monoisotopic (exact) mass is 451 g/mol. The van der Waals surface area contributed by atoms with Gasteiger partial charge in [0.2, 0.25) is 12.5 Å². The van der Waals surface area contributed by atoms with Crippen LogP contribution in [0, 0.1) is 6.92 Å². The van der Waals surface area contributed by atoms with E-state index in [1.54, 1.807) is 6.07 Å². The van der Waals surface area contributed by atoms with Crippen LogP contribution in [0.3, 0.4) is 0 Å². The van der Waals surface area contributed by atoms with Gasteiger partial charge < -0.3 is 23.5 Å². The number of nitrogens with zero attached hydrogens (tertiary/aromatic N) is 1. The third-order valence-electron chi connectivity index (χ3n) is 4.47. The molecule has 0 amide bonds. The van der Waals surface area contributed by atoms with Crippen LogP contribution in [0.4, 0.5) is 0 Å². The van der Waals surface area contributed by atoms with Gasteiger partial charge in [0.25, 0.3) is 0 Å². The molecule has 1 aliphatic rings. The first kappa shape index (κ1) is 20.5. The van der Waals surface area contributed by atoms with E-state index in [-0.39, 0.29) is 24.0 Å². The number of rotatable bonds is 6. The van der Waals surface area contributed by atoms with Gasteiger partial charge in [-0.05, 0) is 53.8 Å². The molecule has 0 spiro atoms. The summed E-state index contributed by atoms with van der Waals surface area (Å²) in [6.07, 6.45) is 0. The smallest absolute Gasteiger partial charge is 0.493 e. The largest absolute Gasteiger partial charge is 0.524 e. The Kier molecular flexibility index (Phi) is 5.33. The molecule has 4 rings (SSSR count). The fourth-order valence-electron chi connectivity index (χ4n) is 3.25. The third kappa shape index (κ3) is 3.82. The Hall–Kier alpha value is -2.78. The highest BCUT2D eigenvalue weighted by Crippen LogP contribution is 2.49. The molecular weight excluding hydrogens is 433 g/mol. The zero-order valence-corrected chi connectivity index (χ0v) is 18.0. The Bertz CT molecular complexity index is 1160. The fourth-order valence-corrected chi connectivity index (χ4v) is 4.36. The van der Waals surface area contributed by atoms with Gasteiger partial charge in [-0.1, -0.05) is 0 Å². The predicted octanol–water partition coefficient (Wildman–Crippen LogP) is 4.00. The maximum absolute atomic E-state index is 11.4. The molecule has 158 valence electrons. The van der Waals surface area contributed by atoms with Gasteiger partial charge in [0.15, 0.2) is 23.0 Å². The van der Waals surface area contributed by atoms with Crippen LogP contribution >= 0.6 is 19.4 Å². The van der Waals surface area contributed by atoms with Crippen LogP contribution < -0.4 is 23.5 Å². The van der Waals surface area contributed by atoms with Crippen molar-refractivity contribution in [3.63, 3.8) is 0 Å². The standard InChI is InChI=1S/C19H18NO8PS/c1-10-4-12(7-15-18(10)27-9-26-15)17-13(8-30-20-17)11-5-14(24-2)19(25-3)16(6-11)28-29(21,22)23/h4-8H,9H2,1-3H3,(H2,21,22,23). The molecular formula is C19H18NO8PS. The lowest BCUT2D eigenvalue weighted by Gasteiger charge is -2.16. The van der Waals surface area contributed by atoms with Gasteiger partial charge in [0.1, 0.15) is 0 Å². The van der Waals surface area contributed by atoms with Gasteiger partial charge in [-0.2, -0.15) is 4.37 Å². The topological polar surface area (TPSA) is 117 Å². The molecule has 11 heteroatoms. The van der Waals surface area contributed by atoms with Crippen LogP contribution in [0.2, 0.25) is 0 Å². The number of benzene rings is 2. The van der Waals surface area contributed by atoms with Crippen LogP contribution in [0.25, 0.3) is 22.4 Å². The summed E-state index contributed by atoms with van der Waals surface area (Å²) in [5.41, 5.74) is 3.73. The van der Waals surface area contributed by atoms with Gasteiger partial charge >= 0.3 is 7.82 Å². The first-order valence-corrected chi connectivity index (χ1v) is 11.0. The molecule has 1 aromatic heterocycles. The lowest BCUT2D eigenvalue weighted by molar-refractivity contribution is 0.173.